The van der Waals surface area contributed by atoms with Gasteiger partial charge in [-0.1, -0.05) is 44.5 Å². The predicted octanol–water partition coefficient (Wildman–Crippen LogP) is 5.38. The molecule has 0 saturated carbocycles. The molecule has 4 rings (SSSR count). The van der Waals surface area contributed by atoms with Crippen LogP contribution >= 0.6 is 11.6 Å². The first kappa shape index (κ1) is 18.3. The van der Waals surface area contributed by atoms with E-state index < -0.39 is 0 Å². The lowest BCUT2D eigenvalue weighted by atomic mass is 9.82. The van der Waals surface area contributed by atoms with Crippen molar-refractivity contribution in [3.05, 3.63) is 59.0 Å². The van der Waals surface area contributed by atoms with Crippen molar-refractivity contribution >= 4 is 28.6 Å². The third-order valence-corrected chi connectivity index (χ3v) is 5.66. The van der Waals surface area contributed by atoms with Gasteiger partial charge in [-0.3, -0.25) is 0 Å². The minimum atomic E-state index is 0.164. The van der Waals surface area contributed by atoms with E-state index in [9.17, 15) is 0 Å². The first-order valence-corrected chi connectivity index (χ1v) is 9.96. The molecule has 0 saturated heterocycles. The molecule has 4 nitrogen and oxygen atoms in total. The van der Waals surface area contributed by atoms with Gasteiger partial charge in [0.15, 0.2) is 0 Å². The van der Waals surface area contributed by atoms with Crippen molar-refractivity contribution in [2.75, 3.05) is 18.5 Å². The van der Waals surface area contributed by atoms with Gasteiger partial charge in [-0.15, -0.1) is 0 Å². The number of rotatable bonds is 3. The summed E-state index contributed by atoms with van der Waals surface area (Å²) < 4.78 is 2.13. The predicted molar refractivity (Wildman–Crippen MR) is 113 cm³/mol. The van der Waals surface area contributed by atoms with Gasteiger partial charge in [-0.2, -0.15) is 0 Å². The van der Waals surface area contributed by atoms with Crippen LogP contribution in [-0.4, -0.2) is 23.0 Å². The molecule has 1 aliphatic rings. The Hall–Kier alpha value is -2.04. The maximum absolute atomic E-state index is 6.20. The fraction of sp³-hybridized carbons (Fsp3) is 0.409. The Bertz CT molecular complexity index is 953. The van der Waals surface area contributed by atoms with E-state index in [2.05, 4.69) is 64.6 Å². The zero-order chi connectivity index (χ0) is 19.2. The van der Waals surface area contributed by atoms with Crippen molar-refractivity contribution in [1.82, 2.24) is 14.7 Å². The van der Waals surface area contributed by atoms with Crippen molar-refractivity contribution in [2.45, 2.75) is 39.7 Å². The highest BCUT2D eigenvalue weighted by Crippen LogP contribution is 2.36. The summed E-state index contributed by atoms with van der Waals surface area (Å²) in [5.74, 6) is 0. The summed E-state index contributed by atoms with van der Waals surface area (Å²) in [7, 11) is 2.03. The lowest BCUT2D eigenvalue weighted by molar-refractivity contribution is 0.287. The fourth-order valence-electron chi connectivity index (χ4n) is 4.27. The molecule has 3 heterocycles. The number of halogens is 1. The molecule has 1 aliphatic heterocycles. The van der Waals surface area contributed by atoms with Crippen LogP contribution in [0.3, 0.4) is 0 Å². The second-order valence-corrected chi connectivity index (χ2v) is 8.85. The standard InChI is InChI=1S/C22H27ClN4/c1-22(2,3)21(24-4)15-7-9-17(10-8-15)26-11-5-6-18-19(26)13-25-20-12-16(23)14-27(18)20/h7-10,12-14,21,24H,5-6,11H2,1-4H3/t21-/m0/s1. The van der Waals surface area contributed by atoms with Gasteiger partial charge in [0.05, 0.1) is 16.9 Å². The summed E-state index contributed by atoms with van der Waals surface area (Å²) in [5, 5.41) is 4.19. The highest BCUT2D eigenvalue weighted by atomic mass is 35.5. The number of hydrogen-bond acceptors (Lipinski definition) is 3. The quantitative estimate of drug-likeness (QED) is 0.660. The van der Waals surface area contributed by atoms with Crippen LogP contribution in [-0.2, 0) is 6.42 Å². The Balaban J connectivity index is 1.70. The zero-order valence-corrected chi connectivity index (χ0v) is 17.2. The number of aryl methyl sites for hydroxylation is 1. The van der Waals surface area contributed by atoms with Gasteiger partial charge in [0, 0.05) is 36.2 Å². The summed E-state index contributed by atoms with van der Waals surface area (Å²) in [4.78, 5) is 6.98. The minimum absolute atomic E-state index is 0.164. The molecule has 5 heteroatoms. The second-order valence-electron chi connectivity index (χ2n) is 8.41. The maximum atomic E-state index is 6.20. The monoisotopic (exact) mass is 382 g/mol. The molecule has 0 aliphatic carbocycles. The average Bonchev–Trinajstić information content (AvgIpc) is 3.02. The average molecular weight is 383 g/mol. The Morgan fingerprint density at radius 2 is 1.93 bits per heavy atom. The number of benzene rings is 1. The summed E-state index contributed by atoms with van der Waals surface area (Å²) >= 11 is 6.20. The van der Waals surface area contributed by atoms with Gasteiger partial charge in [0.1, 0.15) is 5.65 Å². The molecule has 2 aromatic heterocycles. The van der Waals surface area contributed by atoms with E-state index in [4.69, 9.17) is 11.6 Å². The normalized spacial score (nSPS) is 15.8. The van der Waals surface area contributed by atoms with Gasteiger partial charge >= 0.3 is 0 Å². The fourth-order valence-corrected chi connectivity index (χ4v) is 4.47. The first-order valence-electron chi connectivity index (χ1n) is 9.59. The van der Waals surface area contributed by atoms with Crippen LogP contribution in [0.15, 0.2) is 42.7 Å². The molecule has 0 bridgehead atoms. The Morgan fingerprint density at radius 1 is 1.19 bits per heavy atom. The van der Waals surface area contributed by atoms with Crippen LogP contribution in [0.25, 0.3) is 5.65 Å². The Kier molecular flexibility index (Phi) is 4.65. The molecule has 0 radical (unpaired) electrons. The number of anilines is 2. The number of fused-ring (bicyclic) bond motifs is 3. The molecule has 0 unspecified atom stereocenters. The number of nitrogens with one attached hydrogen (secondary N) is 1. The van der Waals surface area contributed by atoms with Crippen LogP contribution < -0.4 is 10.2 Å². The number of aromatic nitrogens is 2. The van der Waals surface area contributed by atoms with Crippen LogP contribution in [0.5, 0.6) is 0 Å². The van der Waals surface area contributed by atoms with E-state index in [1.807, 2.05) is 25.5 Å². The van der Waals surface area contributed by atoms with E-state index in [0.717, 1.165) is 30.1 Å². The summed E-state index contributed by atoms with van der Waals surface area (Å²) in [6.07, 6.45) is 6.11. The molecular weight excluding hydrogens is 356 g/mol. The van der Waals surface area contributed by atoms with E-state index in [1.54, 1.807) is 0 Å². The summed E-state index contributed by atoms with van der Waals surface area (Å²) in [6.45, 7) is 7.80. The van der Waals surface area contributed by atoms with E-state index in [0.29, 0.717) is 6.04 Å². The van der Waals surface area contributed by atoms with Gasteiger partial charge in [-0.05, 0) is 43.0 Å². The van der Waals surface area contributed by atoms with E-state index in [1.165, 1.54) is 22.6 Å². The topological polar surface area (TPSA) is 32.6 Å². The van der Waals surface area contributed by atoms with Crippen molar-refractivity contribution < 1.29 is 0 Å². The molecular formula is C22H27ClN4. The van der Waals surface area contributed by atoms with Crippen LogP contribution in [0.2, 0.25) is 5.02 Å². The molecule has 1 atom stereocenters. The van der Waals surface area contributed by atoms with Crippen LogP contribution in [0.4, 0.5) is 11.4 Å². The highest BCUT2D eigenvalue weighted by molar-refractivity contribution is 6.31. The molecule has 142 valence electrons. The second kappa shape index (κ2) is 6.84. The largest absolute Gasteiger partial charge is 0.339 e. The smallest absolute Gasteiger partial charge is 0.138 e. The van der Waals surface area contributed by atoms with Crippen LogP contribution in [0.1, 0.15) is 44.5 Å². The van der Waals surface area contributed by atoms with Crippen molar-refractivity contribution in [3.63, 3.8) is 0 Å². The molecule has 0 spiro atoms. The zero-order valence-electron chi connectivity index (χ0n) is 16.5. The van der Waals surface area contributed by atoms with Gasteiger partial charge in [0.2, 0.25) is 0 Å². The third-order valence-electron chi connectivity index (χ3n) is 5.45. The minimum Gasteiger partial charge on any atom is -0.339 e. The molecule has 3 aromatic rings. The maximum Gasteiger partial charge on any atom is 0.138 e. The van der Waals surface area contributed by atoms with Crippen molar-refractivity contribution in [3.8, 4) is 0 Å². The highest BCUT2D eigenvalue weighted by Gasteiger charge is 2.25. The molecule has 0 fully saturated rings. The lowest BCUT2D eigenvalue weighted by Crippen LogP contribution is -2.30. The number of hydrogen-bond donors (Lipinski definition) is 1. The summed E-state index contributed by atoms with van der Waals surface area (Å²) in [5.41, 5.74) is 6.06. The Morgan fingerprint density at radius 3 is 2.59 bits per heavy atom. The molecule has 0 amide bonds. The van der Waals surface area contributed by atoms with Crippen molar-refractivity contribution in [2.24, 2.45) is 5.41 Å². The number of nitrogens with zero attached hydrogens (tertiary/aromatic N) is 3. The van der Waals surface area contributed by atoms with Crippen LogP contribution in [0, 0.1) is 5.41 Å². The molecule has 27 heavy (non-hydrogen) atoms. The molecule has 1 aromatic carbocycles. The third kappa shape index (κ3) is 3.32. The Labute approximate surface area is 166 Å². The van der Waals surface area contributed by atoms with E-state index >= 15 is 0 Å². The van der Waals surface area contributed by atoms with Gasteiger partial charge in [0.25, 0.3) is 0 Å². The van der Waals surface area contributed by atoms with Gasteiger partial charge in [-0.25, -0.2) is 4.98 Å². The summed E-state index contributed by atoms with van der Waals surface area (Å²) in [6, 6.07) is 11.2. The lowest BCUT2D eigenvalue weighted by Gasteiger charge is -2.33. The SMILES string of the molecule is CN[C@@H](c1ccc(N2CCCc3c2cnc2cc(Cl)cn32)cc1)C(C)(C)C. The molecule has 1 N–H and O–H groups in total. The first-order chi connectivity index (χ1) is 12.9. The van der Waals surface area contributed by atoms with Gasteiger partial charge < -0.3 is 14.6 Å². The van der Waals surface area contributed by atoms with Crippen molar-refractivity contribution in [1.29, 1.82) is 0 Å². The van der Waals surface area contributed by atoms with E-state index in [-0.39, 0.29) is 5.41 Å².